The number of hydrogen-bond donors (Lipinski definition) is 2. The summed E-state index contributed by atoms with van der Waals surface area (Å²) in [6, 6.07) is 10.3. The SMILES string of the molecule is COC(=O)[C@@H](C)[C@@H](O)c1ccc2c(c1)OC(c1ccc(O)c(C=O)c1)CC2. The van der Waals surface area contributed by atoms with Crippen LogP contribution in [-0.4, -0.2) is 29.6 Å². The average Bonchev–Trinajstić information content (AvgIpc) is 2.71. The van der Waals surface area contributed by atoms with E-state index in [4.69, 9.17) is 9.47 Å². The number of rotatable bonds is 5. The highest BCUT2D eigenvalue weighted by Crippen LogP contribution is 2.38. The minimum atomic E-state index is -0.998. The maximum absolute atomic E-state index is 11.7. The molecule has 142 valence electrons. The first kappa shape index (κ1) is 18.9. The van der Waals surface area contributed by atoms with Crippen molar-refractivity contribution in [2.24, 2.45) is 5.92 Å². The number of aliphatic hydroxyl groups excluding tert-OH is 1. The van der Waals surface area contributed by atoms with Gasteiger partial charge in [-0.25, -0.2) is 0 Å². The number of phenols is 1. The lowest BCUT2D eigenvalue weighted by Gasteiger charge is -2.28. The number of esters is 1. The Morgan fingerprint density at radius 3 is 2.78 bits per heavy atom. The minimum absolute atomic E-state index is 0.0628. The van der Waals surface area contributed by atoms with Crippen LogP contribution < -0.4 is 4.74 Å². The number of phenolic OH excluding ortho intramolecular Hbond substituents is 1. The van der Waals surface area contributed by atoms with Crippen molar-refractivity contribution in [3.05, 3.63) is 58.7 Å². The van der Waals surface area contributed by atoms with E-state index < -0.39 is 18.0 Å². The quantitative estimate of drug-likeness (QED) is 0.620. The molecule has 2 N–H and O–H groups in total. The molecule has 0 bridgehead atoms. The van der Waals surface area contributed by atoms with Gasteiger partial charge in [0, 0.05) is 0 Å². The summed E-state index contributed by atoms with van der Waals surface area (Å²) < 4.78 is 10.8. The second-order valence-electron chi connectivity index (χ2n) is 6.71. The summed E-state index contributed by atoms with van der Waals surface area (Å²) in [7, 11) is 1.29. The lowest BCUT2D eigenvalue weighted by Crippen LogP contribution is -2.21. The van der Waals surface area contributed by atoms with Crippen molar-refractivity contribution >= 4 is 12.3 Å². The lowest BCUT2D eigenvalue weighted by atomic mass is 9.92. The number of benzene rings is 2. The third-order valence-corrected chi connectivity index (χ3v) is 4.97. The molecule has 0 saturated carbocycles. The van der Waals surface area contributed by atoms with Gasteiger partial charge in [0.2, 0.25) is 0 Å². The molecule has 0 radical (unpaired) electrons. The molecule has 0 fully saturated rings. The molecule has 1 aliphatic heterocycles. The number of ether oxygens (including phenoxy) is 2. The maximum atomic E-state index is 11.7. The Morgan fingerprint density at radius 1 is 1.30 bits per heavy atom. The van der Waals surface area contributed by atoms with E-state index in [1.54, 1.807) is 31.2 Å². The third-order valence-electron chi connectivity index (χ3n) is 4.97. The van der Waals surface area contributed by atoms with Crippen LogP contribution in [0.25, 0.3) is 0 Å². The maximum Gasteiger partial charge on any atom is 0.311 e. The molecule has 6 heteroatoms. The minimum Gasteiger partial charge on any atom is -0.507 e. The predicted octanol–water partition coefficient (Wildman–Crippen LogP) is 3.11. The fraction of sp³-hybridized carbons (Fsp3) is 0.333. The number of carbonyl (C=O) groups excluding carboxylic acids is 2. The molecule has 0 aliphatic carbocycles. The molecule has 0 aromatic heterocycles. The monoisotopic (exact) mass is 370 g/mol. The van der Waals surface area contributed by atoms with Crippen LogP contribution in [0, 0.1) is 5.92 Å². The standard InChI is InChI=1S/C21H22O6/c1-12(21(25)26-2)20(24)15-4-3-13-6-8-18(27-19(13)10-15)14-5-7-17(23)16(9-14)11-22/h3-5,7,9-12,18,20,23-24H,6,8H2,1-2H3/t12-,18?,20+/m0/s1. The van der Waals surface area contributed by atoms with Gasteiger partial charge >= 0.3 is 5.97 Å². The molecule has 2 aromatic carbocycles. The fourth-order valence-electron chi connectivity index (χ4n) is 3.28. The number of aliphatic hydroxyl groups is 1. The summed E-state index contributed by atoms with van der Waals surface area (Å²) >= 11 is 0. The van der Waals surface area contributed by atoms with Crippen LogP contribution in [0.1, 0.15) is 52.6 Å². The Morgan fingerprint density at radius 2 is 2.07 bits per heavy atom. The Kier molecular flexibility index (Phi) is 5.46. The van der Waals surface area contributed by atoms with E-state index in [-0.39, 0.29) is 17.4 Å². The van der Waals surface area contributed by atoms with Gasteiger partial charge in [0.05, 0.1) is 24.7 Å². The van der Waals surface area contributed by atoms with Gasteiger partial charge in [0.1, 0.15) is 17.6 Å². The van der Waals surface area contributed by atoms with Crippen LogP contribution in [0.3, 0.4) is 0 Å². The molecular formula is C21H22O6. The van der Waals surface area contributed by atoms with Crippen LogP contribution in [0.5, 0.6) is 11.5 Å². The Balaban J connectivity index is 1.84. The number of methoxy groups -OCH3 is 1. The van der Waals surface area contributed by atoms with Gasteiger partial charge in [-0.2, -0.15) is 0 Å². The lowest BCUT2D eigenvalue weighted by molar-refractivity contribution is -0.148. The molecule has 27 heavy (non-hydrogen) atoms. The molecule has 1 heterocycles. The van der Waals surface area contributed by atoms with Crippen molar-refractivity contribution in [2.75, 3.05) is 7.11 Å². The molecule has 1 aliphatic rings. The zero-order valence-corrected chi connectivity index (χ0v) is 15.2. The van der Waals surface area contributed by atoms with Gasteiger partial charge in [-0.05, 0) is 54.7 Å². The number of aryl methyl sites for hydroxylation is 1. The Labute approximate surface area is 157 Å². The topological polar surface area (TPSA) is 93.1 Å². The summed E-state index contributed by atoms with van der Waals surface area (Å²) in [6.45, 7) is 1.61. The van der Waals surface area contributed by atoms with Gasteiger partial charge < -0.3 is 19.7 Å². The highest BCUT2D eigenvalue weighted by molar-refractivity contribution is 5.79. The average molecular weight is 370 g/mol. The van der Waals surface area contributed by atoms with E-state index >= 15 is 0 Å². The summed E-state index contributed by atoms with van der Waals surface area (Å²) in [6.07, 6.45) is 0.860. The molecule has 3 atom stereocenters. The summed E-state index contributed by atoms with van der Waals surface area (Å²) in [4.78, 5) is 22.7. The molecule has 0 spiro atoms. The second-order valence-corrected chi connectivity index (χ2v) is 6.71. The van der Waals surface area contributed by atoms with Gasteiger partial charge in [0.25, 0.3) is 0 Å². The Bertz CT molecular complexity index is 860. The summed E-state index contributed by atoms with van der Waals surface area (Å²) in [5, 5.41) is 20.1. The van der Waals surface area contributed by atoms with E-state index in [1.807, 2.05) is 6.07 Å². The smallest absolute Gasteiger partial charge is 0.311 e. The van der Waals surface area contributed by atoms with E-state index in [1.165, 1.54) is 13.2 Å². The van der Waals surface area contributed by atoms with Crippen molar-refractivity contribution in [1.82, 2.24) is 0 Å². The first-order chi connectivity index (χ1) is 12.9. The first-order valence-electron chi connectivity index (χ1n) is 8.78. The second kappa shape index (κ2) is 7.80. The molecule has 6 nitrogen and oxygen atoms in total. The number of fused-ring (bicyclic) bond motifs is 1. The van der Waals surface area contributed by atoms with E-state index in [2.05, 4.69) is 0 Å². The fourth-order valence-corrected chi connectivity index (χ4v) is 3.28. The molecule has 3 rings (SSSR count). The van der Waals surface area contributed by atoms with Crippen LogP contribution in [0.4, 0.5) is 0 Å². The van der Waals surface area contributed by atoms with Crippen LogP contribution in [0.15, 0.2) is 36.4 Å². The highest BCUT2D eigenvalue weighted by Gasteiger charge is 2.27. The molecule has 0 saturated heterocycles. The summed E-state index contributed by atoms with van der Waals surface area (Å²) in [5.74, 6) is -0.600. The van der Waals surface area contributed by atoms with Crippen molar-refractivity contribution in [2.45, 2.75) is 32.0 Å². The molecule has 2 aromatic rings. The first-order valence-corrected chi connectivity index (χ1v) is 8.78. The third kappa shape index (κ3) is 3.80. The zero-order chi connectivity index (χ0) is 19.6. The molecule has 1 unspecified atom stereocenters. The van der Waals surface area contributed by atoms with Crippen LogP contribution in [0.2, 0.25) is 0 Å². The zero-order valence-electron chi connectivity index (χ0n) is 15.2. The Hall–Kier alpha value is -2.86. The summed E-state index contributed by atoms with van der Waals surface area (Å²) in [5.41, 5.74) is 2.61. The van der Waals surface area contributed by atoms with Crippen molar-refractivity contribution in [1.29, 1.82) is 0 Å². The van der Waals surface area contributed by atoms with Gasteiger partial charge in [-0.1, -0.05) is 18.2 Å². The molecular weight excluding hydrogens is 348 g/mol. The number of aldehydes is 1. The number of carbonyl (C=O) groups is 2. The van der Waals surface area contributed by atoms with Gasteiger partial charge in [0.15, 0.2) is 6.29 Å². The van der Waals surface area contributed by atoms with Crippen molar-refractivity contribution in [3.8, 4) is 11.5 Å². The number of hydrogen-bond acceptors (Lipinski definition) is 6. The van der Waals surface area contributed by atoms with Crippen molar-refractivity contribution in [3.63, 3.8) is 0 Å². The van der Waals surface area contributed by atoms with Crippen molar-refractivity contribution < 1.29 is 29.3 Å². The van der Waals surface area contributed by atoms with Crippen LogP contribution in [-0.2, 0) is 16.0 Å². The van der Waals surface area contributed by atoms with E-state index in [9.17, 15) is 19.8 Å². The van der Waals surface area contributed by atoms with Crippen LogP contribution >= 0.6 is 0 Å². The van der Waals surface area contributed by atoms with E-state index in [0.717, 1.165) is 24.0 Å². The largest absolute Gasteiger partial charge is 0.507 e. The predicted molar refractivity (Wildman–Crippen MR) is 97.8 cm³/mol. The van der Waals surface area contributed by atoms with E-state index in [0.29, 0.717) is 17.6 Å². The molecule has 0 amide bonds. The van der Waals surface area contributed by atoms with Gasteiger partial charge in [-0.15, -0.1) is 0 Å². The van der Waals surface area contributed by atoms with Gasteiger partial charge in [-0.3, -0.25) is 9.59 Å². The highest BCUT2D eigenvalue weighted by atomic mass is 16.5. The normalized spacial score (nSPS) is 18.0. The number of aromatic hydroxyl groups is 1.